The molecule has 0 unspecified atom stereocenters. The van der Waals surface area contributed by atoms with Gasteiger partial charge >= 0.3 is 0 Å². The molecule has 0 spiro atoms. The van der Waals surface area contributed by atoms with Crippen LogP contribution in [0.1, 0.15) is 0 Å². The van der Waals surface area contributed by atoms with E-state index in [1.165, 1.54) is 19.4 Å². The quantitative estimate of drug-likeness (QED) is 0.219. The van der Waals surface area contributed by atoms with Crippen molar-refractivity contribution in [1.29, 1.82) is 0 Å². The van der Waals surface area contributed by atoms with Crippen molar-refractivity contribution in [1.82, 2.24) is 9.97 Å². The summed E-state index contributed by atoms with van der Waals surface area (Å²) in [6, 6.07) is 17.1. The van der Waals surface area contributed by atoms with Crippen molar-refractivity contribution in [3.63, 3.8) is 0 Å². The molecule has 1 saturated heterocycles. The molecule has 1 fully saturated rings. The second-order valence-electron chi connectivity index (χ2n) is 10.1. The summed E-state index contributed by atoms with van der Waals surface area (Å²) < 4.78 is 66.7. The zero-order chi connectivity index (χ0) is 31.0. The third kappa shape index (κ3) is 5.83. The molecule has 6 rings (SSSR count). The molecule has 2 aromatic heterocycles. The predicted molar refractivity (Wildman–Crippen MR) is 167 cm³/mol. The number of pyridine rings is 2. The first-order valence-corrected chi connectivity index (χ1v) is 15.3. The molecule has 0 aliphatic carbocycles. The highest BCUT2D eigenvalue weighted by Gasteiger charge is 2.23. The summed E-state index contributed by atoms with van der Waals surface area (Å²) in [5, 5.41) is 1.05. The molecule has 0 radical (unpaired) electrons. The summed E-state index contributed by atoms with van der Waals surface area (Å²) >= 11 is 6.65. The molecule has 5 aromatic rings. The number of aromatic nitrogens is 2. The third-order valence-electron chi connectivity index (χ3n) is 7.27. The van der Waals surface area contributed by atoms with Gasteiger partial charge in [-0.15, -0.1) is 0 Å². The summed E-state index contributed by atoms with van der Waals surface area (Å²) in [4.78, 5) is 10.3. The highest BCUT2D eigenvalue weighted by Crippen LogP contribution is 2.38. The number of hydrogen-bond acceptors (Lipinski definition) is 8. The number of halogens is 3. The van der Waals surface area contributed by atoms with Crippen LogP contribution in [-0.2, 0) is 14.8 Å². The van der Waals surface area contributed by atoms with E-state index < -0.39 is 26.6 Å². The Morgan fingerprint density at radius 2 is 1.70 bits per heavy atom. The van der Waals surface area contributed by atoms with E-state index in [2.05, 4.69) is 19.6 Å². The molecule has 0 saturated carbocycles. The van der Waals surface area contributed by atoms with Crippen LogP contribution in [0.25, 0.3) is 33.2 Å². The van der Waals surface area contributed by atoms with Gasteiger partial charge in [-0.1, -0.05) is 23.7 Å². The van der Waals surface area contributed by atoms with Gasteiger partial charge in [0, 0.05) is 53.1 Å². The van der Waals surface area contributed by atoms with E-state index in [1.54, 1.807) is 12.1 Å². The Morgan fingerprint density at radius 1 is 0.977 bits per heavy atom. The number of ether oxygens (including phenoxy) is 2. The Kier molecular flexibility index (Phi) is 7.97. The molecule has 0 atom stereocenters. The number of sulfonamides is 1. The van der Waals surface area contributed by atoms with Gasteiger partial charge in [-0.3, -0.25) is 4.72 Å². The number of anilines is 3. The van der Waals surface area contributed by atoms with Crippen LogP contribution in [0.5, 0.6) is 5.88 Å². The Hall–Kier alpha value is -4.52. The van der Waals surface area contributed by atoms with E-state index in [1.807, 2.05) is 30.3 Å². The average molecular weight is 638 g/mol. The Balaban J connectivity index is 1.36. The van der Waals surface area contributed by atoms with E-state index in [9.17, 15) is 17.2 Å². The summed E-state index contributed by atoms with van der Waals surface area (Å²) in [7, 11) is -3.15. The number of nitrogens with two attached hydrogens (primary N) is 1. The number of nitrogen functional groups attached to an aromatic ring is 1. The minimum Gasteiger partial charge on any atom is -0.480 e. The molecule has 0 amide bonds. The molecule has 1 aliphatic rings. The number of fused-ring (bicyclic) bond motifs is 1. The zero-order valence-electron chi connectivity index (χ0n) is 23.4. The van der Waals surface area contributed by atoms with Gasteiger partial charge in [-0.05, 0) is 54.1 Å². The lowest BCUT2D eigenvalue weighted by atomic mass is 10.0. The Labute approximate surface area is 257 Å². The van der Waals surface area contributed by atoms with Gasteiger partial charge in [-0.25, -0.2) is 27.2 Å². The number of rotatable bonds is 7. The maximum absolute atomic E-state index is 14.3. The fourth-order valence-electron chi connectivity index (χ4n) is 5.07. The molecule has 13 heteroatoms. The highest BCUT2D eigenvalue weighted by atomic mass is 35.5. The Bertz CT molecular complexity index is 1990. The molecule has 1 aliphatic heterocycles. The number of nitrogens with one attached hydrogen (secondary N) is 1. The molecular formula is C31H26ClF2N5O4S. The molecule has 44 heavy (non-hydrogen) atoms. The van der Waals surface area contributed by atoms with Gasteiger partial charge in [0.2, 0.25) is 5.88 Å². The number of nitrogens with zero attached hydrogens (tertiary/aromatic N) is 3. The lowest BCUT2D eigenvalue weighted by Gasteiger charge is -2.29. The molecule has 226 valence electrons. The molecule has 3 heterocycles. The van der Waals surface area contributed by atoms with Crippen LogP contribution in [0, 0.1) is 11.6 Å². The van der Waals surface area contributed by atoms with Gasteiger partial charge in [-0.2, -0.15) is 0 Å². The first kappa shape index (κ1) is 29.5. The van der Waals surface area contributed by atoms with Gasteiger partial charge in [0.05, 0.1) is 30.9 Å². The zero-order valence-corrected chi connectivity index (χ0v) is 24.9. The number of hydrogen-bond donors (Lipinski definition) is 2. The van der Waals surface area contributed by atoms with Crippen molar-refractivity contribution in [2.75, 3.05) is 48.8 Å². The first-order chi connectivity index (χ1) is 21.1. The molecule has 0 bridgehead atoms. The van der Waals surface area contributed by atoms with Crippen molar-refractivity contribution in [3.8, 4) is 28.1 Å². The number of methoxy groups -OCH3 is 1. The largest absolute Gasteiger partial charge is 0.480 e. The topological polar surface area (TPSA) is 120 Å². The smallest absolute Gasteiger partial charge is 0.264 e. The first-order valence-electron chi connectivity index (χ1n) is 13.5. The third-order valence-corrected chi connectivity index (χ3v) is 8.98. The molecule has 9 nitrogen and oxygen atoms in total. The van der Waals surface area contributed by atoms with Crippen LogP contribution in [0.15, 0.2) is 77.8 Å². The van der Waals surface area contributed by atoms with Gasteiger partial charge in [0.15, 0.2) is 0 Å². The molecule has 3 N–H and O–H groups in total. The van der Waals surface area contributed by atoms with Crippen LogP contribution in [0.2, 0.25) is 5.02 Å². The van der Waals surface area contributed by atoms with E-state index in [0.717, 1.165) is 47.4 Å². The highest BCUT2D eigenvalue weighted by molar-refractivity contribution is 7.92. The second kappa shape index (κ2) is 11.9. The van der Waals surface area contributed by atoms with Gasteiger partial charge < -0.3 is 20.1 Å². The fourth-order valence-corrected chi connectivity index (χ4v) is 6.44. The maximum atomic E-state index is 14.3. The number of benzene rings is 3. The fraction of sp³-hybridized carbons (Fsp3) is 0.161. The van der Waals surface area contributed by atoms with Crippen molar-refractivity contribution in [2.24, 2.45) is 0 Å². The summed E-state index contributed by atoms with van der Waals surface area (Å²) in [5.41, 5.74) is 10.6. The lowest BCUT2D eigenvalue weighted by molar-refractivity contribution is 0.122. The van der Waals surface area contributed by atoms with Crippen molar-refractivity contribution in [3.05, 3.63) is 89.6 Å². The van der Waals surface area contributed by atoms with E-state index >= 15 is 0 Å². The van der Waals surface area contributed by atoms with E-state index in [4.69, 9.17) is 26.8 Å². The van der Waals surface area contributed by atoms with Crippen LogP contribution >= 0.6 is 11.6 Å². The van der Waals surface area contributed by atoms with Crippen LogP contribution in [0.4, 0.5) is 26.0 Å². The van der Waals surface area contributed by atoms with Crippen LogP contribution in [0.3, 0.4) is 0 Å². The van der Waals surface area contributed by atoms with E-state index in [0.29, 0.717) is 46.8 Å². The van der Waals surface area contributed by atoms with Crippen LogP contribution < -0.4 is 20.1 Å². The maximum Gasteiger partial charge on any atom is 0.264 e. The van der Waals surface area contributed by atoms with Crippen molar-refractivity contribution in [2.45, 2.75) is 4.90 Å². The molecule has 3 aromatic carbocycles. The normalized spacial score (nSPS) is 13.7. The minimum absolute atomic E-state index is 0.0611. The molecular weight excluding hydrogens is 612 g/mol. The summed E-state index contributed by atoms with van der Waals surface area (Å²) in [5.74, 6) is -1.86. The Morgan fingerprint density at radius 3 is 2.41 bits per heavy atom. The number of morpholine rings is 1. The van der Waals surface area contributed by atoms with Crippen molar-refractivity contribution < 1.29 is 26.7 Å². The minimum atomic E-state index is -4.47. The summed E-state index contributed by atoms with van der Waals surface area (Å²) in [6.45, 7) is 3.04. The SMILES string of the molecule is COc1ncc(-c2cc3cc(-c4ccc(N5CCOCC5)cc4)c(N)nc3cc2Cl)cc1NS(=O)(=O)c1ccc(F)cc1F. The average Bonchev–Trinajstić information content (AvgIpc) is 3.00. The standard InChI is InChI=1S/C31H26ClF2N5O4S/c1-42-31-28(38-44(40,41)29-7-4-21(33)15-26(29)34)14-20(17-36-31)23-12-19-13-24(30(35)37-27(19)16-25(23)32)18-2-5-22(6-3-18)39-8-10-43-11-9-39/h2-7,12-17,38H,8-11H2,1H3,(H2,35,37). The second-order valence-corrected chi connectivity index (χ2v) is 12.1. The van der Waals surface area contributed by atoms with Gasteiger partial charge in [0.25, 0.3) is 10.0 Å². The van der Waals surface area contributed by atoms with E-state index in [-0.39, 0.29) is 11.6 Å². The van der Waals surface area contributed by atoms with Gasteiger partial charge in [0.1, 0.15) is 28.0 Å². The van der Waals surface area contributed by atoms with Crippen molar-refractivity contribution >= 4 is 49.7 Å². The lowest BCUT2D eigenvalue weighted by Crippen LogP contribution is -2.36. The predicted octanol–water partition coefficient (Wildman–Crippen LogP) is 6.12. The van der Waals surface area contributed by atoms with Crippen LogP contribution in [-0.4, -0.2) is 51.8 Å². The monoisotopic (exact) mass is 637 g/mol. The summed E-state index contributed by atoms with van der Waals surface area (Å²) in [6.07, 6.45) is 1.47.